The third kappa shape index (κ3) is 3.24. The molecule has 136 valence electrons. The van der Waals surface area contributed by atoms with Crippen LogP contribution in [0.15, 0.2) is 21.4 Å². The topological polar surface area (TPSA) is 50.1 Å². The molecule has 3 atom stereocenters. The van der Waals surface area contributed by atoms with E-state index in [9.17, 15) is 10.1 Å². The highest BCUT2D eigenvalue weighted by molar-refractivity contribution is 6.45. The molecule has 3 nitrogen and oxygen atoms in total. The molecule has 3 aliphatic rings. The molecular formula is C20H25Cl2NO2. The van der Waals surface area contributed by atoms with E-state index >= 15 is 0 Å². The minimum absolute atomic E-state index is 0.0593. The highest BCUT2D eigenvalue weighted by Gasteiger charge is 2.53. The van der Waals surface area contributed by atoms with Gasteiger partial charge in [-0.05, 0) is 37.5 Å². The normalized spacial score (nSPS) is 31.3. The second kappa shape index (κ2) is 7.33. The lowest BCUT2D eigenvalue weighted by molar-refractivity contribution is -0.124. The molecule has 2 saturated carbocycles. The number of Topliss-reactive ketones (excluding diaryl/α,β-unsaturated/α-hetero) is 1. The van der Waals surface area contributed by atoms with Crippen molar-refractivity contribution in [1.82, 2.24) is 0 Å². The van der Waals surface area contributed by atoms with E-state index in [1.165, 1.54) is 12.8 Å². The van der Waals surface area contributed by atoms with Crippen LogP contribution in [0.5, 0.6) is 0 Å². The molecule has 0 bridgehead atoms. The molecule has 0 N–H and O–H groups in total. The summed E-state index contributed by atoms with van der Waals surface area (Å²) in [6, 6.07) is 2.17. The summed E-state index contributed by atoms with van der Waals surface area (Å²) in [5.74, 6) is 1.25. The van der Waals surface area contributed by atoms with Crippen molar-refractivity contribution in [2.45, 2.75) is 71.3 Å². The number of hydrogen-bond donors (Lipinski definition) is 0. The Bertz CT molecular complexity index is 670. The van der Waals surface area contributed by atoms with Gasteiger partial charge in [-0.15, -0.1) is 0 Å². The Balaban J connectivity index is 1.86. The van der Waals surface area contributed by atoms with Gasteiger partial charge in [-0.3, -0.25) is 4.79 Å². The summed E-state index contributed by atoms with van der Waals surface area (Å²) in [4.78, 5) is 13.2. The maximum absolute atomic E-state index is 13.2. The lowest BCUT2D eigenvalue weighted by Crippen LogP contribution is -2.30. The molecule has 0 aromatic carbocycles. The lowest BCUT2D eigenvalue weighted by Gasteiger charge is -2.29. The monoisotopic (exact) mass is 381 g/mol. The fourth-order valence-electron chi connectivity index (χ4n) is 4.81. The summed E-state index contributed by atoms with van der Waals surface area (Å²) in [6.07, 6.45) is 7.04. The van der Waals surface area contributed by atoms with E-state index in [4.69, 9.17) is 27.9 Å². The highest BCUT2D eigenvalue weighted by Crippen LogP contribution is 2.57. The van der Waals surface area contributed by atoms with Gasteiger partial charge >= 0.3 is 0 Å². The van der Waals surface area contributed by atoms with E-state index in [1.807, 2.05) is 6.92 Å². The van der Waals surface area contributed by atoms with E-state index in [0.29, 0.717) is 40.2 Å². The summed E-state index contributed by atoms with van der Waals surface area (Å²) < 4.78 is 5.86. The van der Waals surface area contributed by atoms with Crippen molar-refractivity contribution < 1.29 is 9.53 Å². The Kier molecular flexibility index (Phi) is 5.51. The molecule has 0 saturated heterocycles. The summed E-state index contributed by atoms with van der Waals surface area (Å²) >= 11 is 12.9. The predicted octanol–water partition coefficient (Wildman–Crippen LogP) is 5.83. The summed E-state index contributed by atoms with van der Waals surface area (Å²) in [6.45, 7) is 4.11. The minimum atomic E-state index is -0.516. The van der Waals surface area contributed by atoms with E-state index in [0.717, 1.165) is 25.7 Å². The number of fused-ring (bicyclic) bond motifs is 1. The molecule has 0 radical (unpaired) electrons. The summed E-state index contributed by atoms with van der Waals surface area (Å²) in [7, 11) is 0. The quantitative estimate of drug-likeness (QED) is 0.601. The van der Waals surface area contributed by atoms with Gasteiger partial charge in [0.2, 0.25) is 0 Å². The third-order valence-electron chi connectivity index (χ3n) is 6.18. The van der Waals surface area contributed by atoms with Crippen molar-refractivity contribution in [1.29, 1.82) is 5.26 Å². The second-order valence-electron chi connectivity index (χ2n) is 7.82. The fraction of sp³-hybridized carbons (Fsp3) is 0.700. The van der Waals surface area contributed by atoms with Gasteiger partial charge in [0, 0.05) is 17.4 Å². The standard InChI is InChI=1S/C20H25Cl2NO2/c1-3-6-14(11-23)25-15-9-12-10-20(2,13-7-4-5-8-13)19(24)16(12)18(22)17(15)21/h12-14H,3-10H2,1-2H3. The number of nitriles is 1. The maximum Gasteiger partial charge on any atom is 0.184 e. The van der Waals surface area contributed by atoms with Crippen LogP contribution in [0, 0.1) is 28.6 Å². The van der Waals surface area contributed by atoms with Crippen molar-refractivity contribution in [2.75, 3.05) is 0 Å². The Morgan fingerprint density at radius 3 is 2.60 bits per heavy atom. The van der Waals surface area contributed by atoms with Crippen LogP contribution < -0.4 is 0 Å². The van der Waals surface area contributed by atoms with Crippen molar-refractivity contribution in [3.63, 3.8) is 0 Å². The van der Waals surface area contributed by atoms with Gasteiger partial charge in [0.15, 0.2) is 11.9 Å². The predicted molar refractivity (Wildman–Crippen MR) is 98.9 cm³/mol. The molecule has 3 rings (SSSR count). The van der Waals surface area contributed by atoms with Crippen LogP contribution in [0.2, 0.25) is 0 Å². The summed E-state index contributed by atoms with van der Waals surface area (Å²) in [5.41, 5.74) is 0.360. The Labute approximate surface area is 160 Å². The van der Waals surface area contributed by atoms with Crippen LogP contribution in [0.25, 0.3) is 0 Å². The Morgan fingerprint density at radius 1 is 1.32 bits per heavy atom. The Morgan fingerprint density at radius 2 is 2.00 bits per heavy atom. The first-order valence-electron chi connectivity index (χ1n) is 9.32. The third-order valence-corrected chi connectivity index (χ3v) is 7.07. The number of rotatable bonds is 5. The van der Waals surface area contributed by atoms with Crippen LogP contribution in [0.1, 0.15) is 65.2 Å². The molecule has 0 aliphatic heterocycles. The molecule has 5 heteroatoms. The molecule has 0 aromatic heterocycles. The SMILES string of the molecule is CCCC(C#N)OC1=C(Cl)C(Cl)=C2C(=O)C(C)(C3CCCC3)CC2C1. The van der Waals surface area contributed by atoms with E-state index in [1.54, 1.807) is 0 Å². The van der Waals surface area contributed by atoms with Gasteiger partial charge in [0.05, 0.1) is 10.1 Å². The molecule has 3 aliphatic carbocycles. The number of carbonyl (C=O) groups excluding carboxylic acids is 1. The van der Waals surface area contributed by atoms with E-state index < -0.39 is 6.10 Å². The molecule has 2 fully saturated rings. The highest BCUT2D eigenvalue weighted by atomic mass is 35.5. The fourth-order valence-corrected chi connectivity index (χ4v) is 5.37. The van der Waals surface area contributed by atoms with Gasteiger partial charge in [-0.2, -0.15) is 5.26 Å². The number of nitrogens with zero attached hydrogens (tertiary/aromatic N) is 1. The average Bonchev–Trinajstić information content (AvgIpc) is 3.20. The van der Waals surface area contributed by atoms with Gasteiger partial charge in [-0.1, -0.05) is 56.3 Å². The molecule has 0 spiro atoms. The molecule has 0 heterocycles. The number of halogens is 2. The first-order valence-corrected chi connectivity index (χ1v) is 10.1. The van der Waals surface area contributed by atoms with Crippen molar-refractivity contribution >= 4 is 29.0 Å². The lowest BCUT2D eigenvalue weighted by atomic mass is 9.73. The van der Waals surface area contributed by atoms with Gasteiger partial charge in [0.25, 0.3) is 0 Å². The molecule has 25 heavy (non-hydrogen) atoms. The Hall–Kier alpha value is -0.980. The van der Waals surface area contributed by atoms with Gasteiger partial charge in [-0.25, -0.2) is 0 Å². The zero-order valence-electron chi connectivity index (χ0n) is 14.9. The van der Waals surface area contributed by atoms with Crippen molar-refractivity contribution in [2.24, 2.45) is 17.3 Å². The average molecular weight is 382 g/mol. The molecule has 0 amide bonds. The zero-order chi connectivity index (χ0) is 18.2. The molecular weight excluding hydrogens is 357 g/mol. The molecule has 3 unspecified atom stereocenters. The maximum atomic E-state index is 13.2. The number of ether oxygens (including phenoxy) is 1. The second-order valence-corrected chi connectivity index (χ2v) is 8.58. The van der Waals surface area contributed by atoms with Crippen LogP contribution in [0.3, 0.4) is 0 Å². The first kappa shape index (κ1) is 18.8. The number of hydrogen-bond acceptors (Lipinski definition) is 3. The van der Waals surface area contributed by atoms with Crippen molar-refractivity contribution in [3.05, 3.63) is 21.4 Å². The number of ketones is 1. The first-order chi connectivity index (χ1) is 11.9. The minimum Gasteiger partial charge on any atom is -0.478 e. The zero-order valence-corrected chi connectivity index (χ0v) is 16.4. The van der Waals surface area contributed by atoms with E-state index in [-0.39, 0.29) is 17.1 Å². The van der Waals surface area contributed by atoms with E-state index in [2.05, 4.69) is 13.0 Å². The molecule has 0 aromatic rings. The smallest absolute Gasteiger partial charge is 0.184 e. The number of carbonyl (C=O) groups is 1. The summed E-state index contributed by atoms with van der Waals surface area (Å²) in [5, 5.41) is 9.91. The van der Waals surface area contributed by atoms with Gasteiger partial charge in [0.1, 0.15) is 11.8 Å². The van der Waals surface area contributed by atoms with Gasteiger partial charge < -0.3 is 4.74 Å². The van der Waals surface area contributed by atoms with Crippen LogP contribution in [-0.4, -0.2) is 11.9 Å². The largest absolute Gasteiger partial charge is 0.478 e. The van der Waals surface area contributed by atoms with Crippen LogP contribution in [0.4, 0.5) is 0 Å². The van der Waals surface area contributed by atoms with Crippen molar-refractivity contribution in [3.8, 4) is 6.07 Å². The number of allylic oxidation sites excluding steroid dienone is 4. The van der Waals surface area contributed by atoms with Crippen LogP contribution >= 0.6 is 23.2 Å². The van der Waals surface area contributed by atoms with Crippen LogP contribution in [-0.2, 0) is 9.53 Å².